The minimum atomic E-state index is 0.653. The molecule has 0 amide bonds. The summed E-state index contributed by atoms with van der Waals surface area (Å²) >= 11 is 0. The molecule has 1 aromatic heterocycles. The van der Waals surface area contributed by atoms with Crippen LogP contribution in [0.3, 0.4) is 0 Å². The summed E-state index contributed by atoms with van der Waals surface area (Å²) in [6.07, 6.45) is 7.57. The van der Waals surface area contributed by atoms with Gasteiger partial charge in [0.05, 0.1) is 13.7 Å². The highest BCUT2D eigenvalue weighted by atomic mass is 16.5. The molecule has 4 bridgehead atoms. The first kappa shape index (κ1) is 18.8. The average Bonchev–Trinajstić information content (AvgIpc) is 3.23. The summed E-state index contributed by atoms with van der Waals surface area (Å²) in [4.78, 5) is 9.93. The Morgan fingerprint density at radius 2 is 1.60 bits per heavy atom. The van der Waals surface area contributed by atoms with Crippen molar-refractivity contribution in [1.82, 2.24) is 19.9 Å². The summed E-state index contributed by atoms with van der Waals surface area (Å²) < 4.78 is 10.8. The van der Waals surface area contributed by atoms with Gasteiger partial charge in [-0.1, -0.05) is 5.16 Å². The van der Waals surface area contributed by atoms with E-state index in [1.165, 1.54) is 45.2 Å². The van der Waals surface area contributed by atoms with Gasteiger partial charge in [0, 0.05) is 37.8 Å². The van der Waals surface area contributed by atoms with Gasteiger partial charge in [-0.15, -0.1) is 0 Å². The van der Waals surface area contributed by atoms with Gasteiger partial charge < -0.3 is 9.26 Å². The second-order valence-corrected chi connectivity index (χ2v) is 9.97. The Bertz CT molecular complexity index is 844. The first-order chi connectivity index (χ1) is 14.7. The van der Waals surface area contributed by atoms with Crippen molar-refractivity contribution in [2.75, 3.05) is 33.3 Å². The summed E-state index contributed by atoms with van der Waals surface area (Å²) in [7, 11) is 1.67. The highest BCUT2D eigenvalue weighted by Crippen LogP contribution is 2.55. The summed E-state index contributed by atoms with van der Waals surface area (Å²) in [6.45, 7) is 5.32. The molecule has 0 spiro atoms. The smallest absolute Gasteiger partial charge is 0.241 e. The maximum atomic E-state index is 5.55. The van der Waals surface area contributed by atoms with Crippen molar-refractivity contribution >= 4 is 0 Å². The van der Waals surface area contributed by atoms with Crippen LogP contribution in [0.1, 0.15) is 38.0 Å². The largest absolute Gasteiger partial charge is 0.497 e. The molecular formula is C24H32N4O2. The van der Waals surface area contributed by atoms with E-state index >= 15 is 0 Å². The molecule has 7 rings (SSSR count). The van der Waals surface area contributed by atoms with Gasteiger partial charge in [-0.25, -0.2) is 0 Å². The molecule has 0 unspecified atom stereocenters. The molecule has 1 aromatic carbocycles. The van der Waals surface area contributed by atoms with Crippen LogP contribution in [0.5, 0.6) is 5.75 Å². The predicted octanol–water partition coefficient (Wildman–Crippen LogP) is 3.69. The molecule has 6 heteroatoms. The van der Waals surface area contributed by atoms with Gasteiger partial charge in [-0.05, 0) is 80.0 Å². The Labute approximate surface area is 178 Å². The molecular weight excluding hydrogens is 376 g/mol. The normalized spacial score (nSPS) is 33.8. The molecule has 4 saturated carbocycles. The van der Waals surface area contributed by atoms with Crippen LogP contribution in [0, 0.1) is 23.7 Å². The molecule has 0 radical (unpaired) electrons. The van der Waals surface area contributed by atoms with E-state index in [2.05, 4.69) is 19.9 Å². The number of hydrogen-bond donors (Lipinski definition) is 0. The zero-order valence-corrected chi connectivity index (χ0v) is 17.9. The number of benzene rings is 1. The van der Waals surface area contributed by atoms with E-state index in [1.54, 1.807) is 7.11 Å². The van der Waals surface area contributed by atoms with Gasteiger partial charge in [0.15, 0.2) is 0 Å². The summed E-state index contributed by atoms with van der Waals surface area (Å²) in [5.41, 5.74) is 0.956. The molecule has 5 aliphatic rings. The third-order valence-corrected chi connectivity index (χ3v) is 8.18. The topological polar surface area (TPSA) is 54.6 Å². The first-order valence-electron chi connectivity index (χ1n) is 11.7. The lowest BCUT2D eigenvalue weighted by Crippen LogP contribution is -2.60. The number of aromatic nitrogens is 2. The molecule has 2 heterocycles. The number of methoxy groups -OCH3 is 1. The molecule has 1 saturated heterocycles. The van der Waals surface area contributed by atoms with Crippen LogP contribution >= 0.6 is 0 Å². The maximum absolute atomic E-state index is 5.55. The van der Waals surface area contributed by atoms with Crippen molar-refractivity contribution in [2.24, 2.45) is 23.7 Å². The van der Waals surface area contributed by atoms with Crippen LogP contribution in [0.25, 0.3) is 11.4 Å². The molecule has 1 aliphatic heterocycles. The van der Waals surface area contributed by atoms with Crippen LogP contribution in [0.4, 0.5) is 0 Å². The molecule has 6 nitrogen and oxygen atoms in total. The predicted molar refractivity (Wildman–Crippen MR) is 114 cm³/mol. The zero-order valence-electron chi connectivity index (χ0n) is 17.9. The zero-order chi connectivity index (χ0) is 20.1. The fourth-order valence-electron chi connectivity index (χ4n) is 7.08. The third-order valence-electron chi connectivity index (χ3n) is 8.18. The van der Waals surface area contributed by atoms with Crippen molar-refractivity contribution in [2.45, 2.75) is 44.7 Å². The minimum absolute atomic E-state index is 0.653. The first-order valence-corrected chi connectivity index (χ1v) is 11.7. The molecule has 4 aliphatic carbocycles. The molecule has 160 valence electrons. The Balaban J connectivity index is 1.05. The third kappa shape index (κ3) is 3.44. The second kappa shape index (κ2) is 7.65. The fraction of sp³-hybridized carbons (Fsp3) is 0.667. The molecule has 2 aromatic rings. The summed E-state index contributed by atoms with van der Waals surface area (Å²) in [5, 5.41) is 4.18. The van der Waals surface area contributed by atoms with E-state index in [1.807, 2.05) is 24.3 Å². The van der Waals surface area contributed by atoms with Crippen LogP contribution in [-0.2, 0) is 6.54 Å². The Morgan fingerprint density at radius 3 is 2.23 bits per heavy atom. The van der Waals surface area contributed by atoms with Crippen molar-refractivity contribution in [3.8, 4) is 17.1 Å². The van der Waals surface area contributed by atoms with Gasteiger partial charge in [0.1, 0.15) is 5.75 Å². The van der Waals surface area contributed by atoms with Gasteiger partial charge >= 0.3 is 0 Å². The number of hydrogen-bond acceptors (Lipinski definition) is 6. The fourth-order valence-corrected chi connectivity index (χ4v) is 7.08. The van der Waals surface area contributed by atoms with E-state index in [-0.39, 0.29) is 0 Å². The molecule has 5 fully saturated rings. The standard InChI is InChI=1S/C24H32N4O2/c1-29-21-4-2-18(3-5-21)24-25-22(30-26-24)15-27-6-8-28(9-7-27)23-19-11-16-10-17(13-19)14-20(23)12-16/h2-5,16-17,19-20,23H,6-15H2,1H3. The number of piperazine rings is 1. The van der Waals surface area contributed by atoms with Gasteiger partial charge in [-0.3, -0.25) is 9.80 Å². The Hall–Kier alpha value is -1.92. The lowest BCUT2D eigenvalue weighted by atomic mass is 9.54. The number of rotatable bonds is 5. The van der Waals surface area contributed by atoms with Crippen molar-refractivity contribution < 1.29 is 9.26 Å². The van der Waals surface area contributed by atoms with E-state index in [0.29, 0.717) is 11.7 Å². The maximum Gasteiger partial charge on any atom is 0.241 e. The Morgan fingerprint density at radius 1 is 0.933 bits per heavy atom. The van der Waals surface area contributed by atoms with E-state index in [4.69, 9.17) is 9.26 Å². The molecule has 0 N–H and O–H groups in total. The highest BCUT2D eigenvalue weighted by Gasteiger charge is 2.50. The number of ether oxygens (including phenoxy) is 1. The van der Waals surface area contributed by atoms with Crippen LogP contribution < -0.4 is 4.74 Å². The van der Waals surface area contributed by atoms with Crippen LogP contribution in [0.2, 0.25) is 0 Å². The molecule has 30 heavy (non-hydrogen) atoms. The van der Waals surface area contributed by atoms with Crippen LogP contribution in [0.15, 0.2) is 28.8 Å². The second-order valence-electron chi connectivity index (χ2n) is 9.97. The lowest BCUT2D eigenvalue weighted by molar-refractivity contribution is -0.0773. The van der Waals surface area contributed by atoms with E-state index < -0.39 is 0 Å². The van der Waals surface area contributed by atoms with Crippen molar-refractivity contribution in [3.05, 3.63) is 30.2 Å². The van der Waals surface area contributed by atoms with Gasteiger partial charge in [0.2, 0.25) is 11.7 Å². The SMILES string of the molecule is COc1ccc(-c2noc(CN3CCN(C4C5CC6CC(C5)CC4C6)CC3)n2)cc1. The Kier molecular flexibility index (Phi) is 4.80. The van der Waals surface area contributed by atoms with Crippen molar-refractivity contribution in [3.63, 3.8) is 0 Å². The average molecular weight is 409 g/mol. The van der Waals surface area contributed by atoms with Crippen molar-refractivity contribution in [1.29, 1.82) is 0 Å². The highest BCUT2D eigenvalue weighted by molar-refractivity contribution is 5.55. The van der Waals surface area contributed by atoms with E-state index in [9.17, 15) is 0 Å². The molecule has 0 atom stereocenters. The summed E-state index contributed by atoms with van der Waals surface area (Å²) in [5.74, 6) is 6.28. The van der Waals surface area contributed by atoms with Gasteiger partial charge in [-0.2, -0.15) is 4.98 Å². The number of nitrogens with zero attached hydrogens (tertiary/aromatic N) is 4. The van der Waals surface area contributed by atoms with E-state index in [0.717, 1.165) is 60.7 Å². The quantitative estimate of drug-likeness (QED) is 0.752. The lowest BCUT2D eigenvalue weighted by Gasteiger charge is -2.58. The van der Waals surface area contributed by atoms with Crippen LogP contribution in [-0.4, -0.2) is 59.3 Å². The summed E-state index contributed by atoms with van der Waals surface area (Å²) in [6, 6.07) is 8.66. The minimum Gasteiger partial charge on any atom is -0.497 e. The van der Waals surface area contributed by atoms with Gasteiger partial charge in [0.25, 0.3) is 0 Å². The monoisotopic (exact) mass is 408 g/mol.